The fourth-order valence-corrected chi connectivity index (χ4v) is 2.38. The van der Waals surface area contributed by atoms with Crippen LogP contribution < -0.4 is 10.6 Å². The van der Waals surface area contributed by atoms with Gasteiger partial charge in [0.15, 0.2) is 11.6 Å². The molecular formula is C12H13BrF2N2O2. The number of ether oxygens (including phenoxy) is 1. The van der Waals surface area contributed by atoms with E-state index in [1.54, 1.807) is 7.05 Å². The van der Waals surface area contributed by atoms with Gasteiger partial charge in [0.2, 0.25) is 5.91 Å². The predicted octanol–water partition coefficient (Wildman–Crippen LogP) is 1.90. The van der Waals surface area contributed by atoms with E-state index in [4.69, 9.17) is 4.74 Å². The lowest BCUT2D eigenvalue weighted by atomic mass is 10.0. The first-order chi connectivity index (χ1) is 9.02. The van der Waals surface area contributed by atoms with E-state index in [0.717, 1.165) is 12.1 Å². The fourth-order valence-electron chi connectivity index (χ4n) is 1.97. The number of carbonyl (C=O) groups excluding carboxylic acids is 1. The Morgan fingerprint density at radius 2 is 2.00 bits per heavy atom. The minimum absolute atomic E-state index is 0.151. The van der Waals surface area contributed by atoms with Crippen molar-refractivity contribution < 1.29 is 18.3 Å². The van der Waals surface area contributed by atoms with E-state index in [2.05, 4.69) is 26.6 Å². The van der Waals surface area contributed by atoms with Crippen molar-refractivity contribution in [3.8, 4) is 0 Å². The summed E-state index contributed by atoms with van der Waals surface area (Å²) < 4.78 is 32.7. The van der Waals surface area contributed by atoms with Crippen LogP contribution in [0.2, 0.25) is 0 Å². The third-order valence-electron chi connectivity index (χ3n) is 3.04. The van der Waals surface area contributed by atoms with Crippen LogP contribution in [0, 0.1) is 17.6 Å². The van der Waals surface area contributed by atoms with E-state index < -0.39 is 29.1 Å². The van der Waals surface area contributed by atoms with Crippen LogP contribution in [0.1, 0.15) is 0 Å². The zero-order chi connectivity index (χ0) is 14.0. The summed E-state index contributed by atoms with van der Waals surface area (Å²) in [5, 5.41) is 5.22. The van der Waals surface area contributed by atoms with Crippen LogP contribution >= 0.6 is 15.9 Å². The summed E-state index contributed by atoms with van der Waals surface area (Å²) >= 11 is 2.98. The molecule has 0 aliphatic carbocycles. The molecule has 1 saturated heterocycles. The number of rotatable bonds is 3. The van der Waals surface area contributed by atoms with E-state index in [1.807, 2.05) is 0 Å². The summed E-state index contributed by atoms with van der Waals surface area (Å²) in [6.45, 7) is 0.636. The SMILES string of the molecule is CNC1COCC1C(=O)Nc1c(F)cc(Br)cc1F. The number of hydrogen-bond donors (Lipinski definition) is 2. The van der Waals surface area contributed by atoms with Crippen molar-refractivity contribution >= 4 is 27.5 Å². The average Bonchev–Trinajstić information content (AvgIpc) is 2.81. The first-order valence-corrected chi connectivity index (χ1v) is 6.52. The molecule has 2 rings (SSSR count). The number of halogens is 3. The second kappa shape index (κ2) is 5.94. The van der Waals surface area contributed by atoms with Crippen molar-refractivity contribution in [3.63, 3.8) is 0 Å². The zero-order valence-electron chi connectivity index (χ0n) is 10.2. The van der Waals surface area contributed by atoms with Crippen LogP contribution in [-0.4, -0.2) is 32.2 Å². The summed E-state index contributed by atoms with van der Waals surface area (Å²) in [7, 11) is 1.71. The smallest absolute Gasteiger partial charge is 0.231 e. The fraction of sp³-hybridized carbons (Fsp3) is 0.417. The van der Waals surface area contributed by atoms with Crippen molar-refractivity contribution in [2.24, 2.45) is 5.92 Å². The van der Waals surface area contributed by atoms with Gasteiger partial charge in [-0.05, 0) is 19.2 Å². The Bertz CT molecular complexity index is 476. The van der Waals surface area contributed by atoms with E-state index in [-0.39, 0.29) is 17.1 Å². The van der Waals surface area contributed by atoms with Crippen LogP contribution in [-0.2, 0) is 9.53 Å². The third-order valence-corrected chi connectivity index (χ3v) is 3.50. The number of anilines is 1. The van der Waals surface area contributed by atoms with Gasteiger partial charge in [-0.15, -0.1) is 0 Å². The van der Waals surface area contributed by atoms with Gasteiger partial charge in [0, 0.05) is 10.5 Å². The van der Waals surface area contributed by atoms with Gasteiger partial charge in [-0.2, -0.15) is 0 Å². The maximum absolute atomic E-state index is 13.6. The topological polar surface area (TPSA) is 50.4 Å². The maximum Gasteiger partial charge on any atom is 0.231 e. The molecule has 7 heteroatoms. The highest BCUT2D eigenvalue weighted by molar-refractivity contribution is 9.10. The molecule has 1 aromatic rings. The minimum atomic E-state index is -0.819. The molecule has 19 heavy (non-hydrogen) atoms. The van der Waals surface area contributed by atoms with E-state index >= 15 is 0 Å². The van der Waals surface area contributed by atoms with Crippen molar-refractivity contribution in [2.75, 3.05) is 25.6 Å². The highest BCUT2D eigenvalue weighted by atomic mass is 79.9. The lowest BCUT2D eigenvalue weighted by molar-refractivity contribution is -0.120. The zero-order valence-corrected chi connectivity index (χ0v) is 11.8. The molecule has 2 unspecified atom stereocenters. The Morgan fingerprint density at radius 1 is 1.37 bits per heavy atom. The van der Waals surface area contributed by atoms with Crippen molar-refractivity contribution in [2.45, 2.75) is 6.04 Å². The Kier molecular flexibility index (Phi) is 4.49. The molecule has 2 N–H and O–H groups in total. The Balaban J connectivity index is 2.15. The third kappa shape index (κ3) is 3.10. The van der Waals surface area contributed by atoms with Gasteiger partial charge in [0.25, 0.3) is 0 Å². The molecule has 1 aromatic carbocycles. The standard InChI is InChI=1S/C12H13BrF2N2O2/c1-16-10-5-19-4-7(10)12(18)17-11-8(14)2-6(13)3-9(11)15/h2-3,7,10,16H,4-5H2,1H3,(H,17,18). The minimum Gasteiger partial charge on any atom is -0.379 e. The lowest BCUT2D eigenvalue weighted by Crippen LogP contribution is -2.39. The largest absolute Gasteiger partial charge is 0.379 e. The summed E-state index contributed by atoms with van der Waals surface area (Å²) in [5.74, 6) is -2.57. The highest BCUT2D eigenvalue weighted by Crippen LogP contribution is 2.25. The second-order valence-corrected chi connectivity index (χ2v) is 5.19. The molecular weight excluding hydrogens is 322 g/mol. The quantitative estimate of drug-likeness (QED) is 0.887. The Morgan fingerprint density at radius 3 is 2.58 bits per heavy atom. The maximum atomic E-state index is 13.6. The molecule has 1 heterocycles. The number of carbonyl (C=O) groups is 1. The van der Waals surface area contributed by atoms with Gasteiger partial charge in [-0.1, -0.05) is 15.9 Å². The van der Waals surface area contributed by atoms with E-state index in [0.29, 0.717) is 6.61 Å². The van der Waals surface area contributed by atoms with Gasteiger partial charge in [-0.25, -0.2) is 8.78 Å². The van der Waals surface area contributed by atoms with Crippen molar-refractivity contribution in [1.29, 1.82) is 0 Å². The first kappa shape index (κ1) is 14.4. The van der Waals surface area contributed by atoms with E-state index in [9.17, 15) is 13.6 Å². The monoisotopic (exact) mass is 334 g/mol. The molecule has 104 valence electrons. The lowest BCUT2D eigenvalue weighted by Gasteiger charge is -2.17. The second-order valence-electron chi connectivity index (χ2n) is 4.27. The molecule has 1 amide bonds. The first-order valence-electron chi connectivity index (χ1n) is 5.73. The van der Waals surface area contributed by atoms with Crippen LogP contribution in [0.5, 0.6) is 0 Å². The molecule has 2 atom stereocenters. The van der Waals surface area contributed by atoms with Crippen molar-refractivity contribution in [3.05, 3.63) is 28.2 Å². The molecule has 1 aliphatic rings. The van der Waals surface area contributed by atoms with Crippen LogP contribution in [0.3, 0.4) is 0 Å². The molecule has 0 saturated carbocycles. The highest BCUT2D eigenvalue weighted by Gasteiger charge is 2.33. The molecule has 4 nitrogen and oxygen atoms in total. The molecule has 1 aliphatic heterocycles. The number of benzene rings is 1. The molecule has 1 fully saturated rings. The summed E-state index contributed by atoms with van der Waals surface area (Å²) in [4.78, 5) is 12.0. The molecule has 0 radical (unpaired) electrons. The van der Waals surface area contributed by atoms with Crippen LogP contribution in [0.15, 0.2) is 16.6 Å². The number of amides is 1. The van der Waals surface area contributed by atoms with Gasteiger partial charge in [0.1, 0.15) is 5.69 Å². The van der Waals surface area contributed by atoms with Crippen molar-refractivity contribution in [1.82, 2.24) is 5.32 Å². The Hall–Kier alpha value is -1.05. The van der Waals surface area contributed by atoms with Gasteiger partial charge in [-0.3, -0.25) is 4.79 Å². The Labute approximate surface area is 117 Å². The van der Waals surface area contributed by atoms with Gasteiger partial charge < -0.3 is 15.4 Å². The molecule has 0 aromatic heterocycles. The van der Waals surface area contributed by atoms with Gasteiger partial charge >= 0.3 is 0 Å². The summed E-state index contributed by atoms with van der Waals surface area (Å²) in [6.07, 6.45) is 0. The van der Waals surface area contributed by atoms with Gasteiger partial charge in [0.05, 0.1) is 19.1 Å². The number of likely N-dealkylation sites (N-methyl/N-ethyl adjacent to an activating group) is 1. The normalized spacial score (nSPS) is 22.5. The average molecular weight is 335 g/mol. The van der Waals surface area contributed by atoms with Crippen LogP contribution in [0.4, 0.5) is 14.5 Å². The summed E-state index contributed by atoms with van der Waals surface area (Å²) in [5.41, 5.74) is -0.435. The molecule has 0 spiro atoms. The summed E-state index contributed by atoms with van der Waals surface area (Å²) in [6, 6.07) is 2.04. The number of hydrogen-bond acceptors (Lipinski definition) is 3. The van der Waals surface area contributed by atoms with E-state index in [1.165, 1.54) is 0 Å². The predicted molar refractivity (Wildman–Crippen MR) is 69.8 cm³/mol. The number of nitrogens with one attached hydrogen (secondary N) is 2. The molecule has 0 bridgehead atoms. The van der Waals surface area contributed by atoms with Crippen LogP contribution in [0.25, 0.3) is 0 Å².